The molecule has 1 aliphatic rings. The molecule has 2 heterocycles. The first kappa shape index (κ1) is 12.8. The van der Waals surface area contributed by atoms with Gasteiger partial charge in [0.1, 0.15) is 0 Å². The minimum atomic E-state index is 0.103. The summed E-state index contributed by atoms with van der Waals surface area (Å²) in [6.07, 6.45) is 2.01. The number of ether oxygens (including phenoxy) is 1. The van der Waals surface area contributed by atoms with Gasteiger partial charge in [-0.3, -0.25) is 0 Å². The molecule has 17 heavy (non-hydrogen) atoms. The number of hydrogen-bond acceptors (Lipinski definition) is 5. The largest absolute Gasteiger partial charge is 0.391 e. The van der Waals surface area contributed by atoms with Crippen molar-refractivity contribution in [3.05, 3.63) is 10.6 Å². The highest BCUT2D eigenvalue weighted by Gasteiger charge is 2.23. The summed E-state index contributed by atoms with van der Waals surface area (Å²) in [5.74, 6) is 0. The first-order chi connectivity index (χ1) is 8.26. The lowest BCUT2D eigenvalue weighted by molar-refractivity contribution is 0.0989. The van der Waals surface area contributed by atoms with E-state index in [1.54, 1.807) is 11.3 Å². The van der Waals surface area contributed by atoms with Crippen LogP contribution in [0.4, 0.5) is 5.13 Å². The third kappa shape index (κ3) is 2.78. The minimum absolute atomic E-state index is 0.103. The van der Waals surface area contributed by atoms with Crippen molar-refractivity contribution in [2.45, 2.75) is 39.3 Å². The molecule has 2 rings (SSSR count). The second-order valence-corrected chi connectivity index (χ2v) is 5.45. The molecule has 1 aromatic rings. The van der Waals surface area contributed by atoms with Crippen molar-refractivity contribution >= 4 is 16.5 Å². The van der Waals surface area contributed by atoms with Crippen molar-refractivity contribution in [3.8, 4) is 0 Å². The van der Waals surface area contributed by atoms with E-state index >= 15 is 0 Å². The maximum atomic E-state index is 9.35. The normalized spacial score (nSPS) is 20.9. The van der Waals surface area contributed by atoms with Gasteiger partial charge in [-0.1, -0.05) is 24.7 Å². The van der Waals surface area contributed by atoms with Crippen molar-refractivity contribution in [2.75, 3.05) is 24.7 Å². The Hall–Kier alpha value is -0.650. The Labute approximate surface area is 106 Å². The van der Waals surface area contributed by atoms with Gasteiger partial charge >= 0.3 is 0 Å². The van der Waals surface area contributed by atoms with Gasteiger partial charge in [-0.2, -0.15) is 0 Å². The number of hydrogen-bond donors (Lipinski definition) is 1. The lowest BCUT2D eigenvalue weighted by atomic mass is 10.2. The maximum absolute atomic E-state index is 9.35. The van der Waals surface area contributed by atoms with Crippen molar-refractivity contribution in [1.82, 2.24) is 4.98 Å². The molecule has 1 saturated heterocycles. The van der Waals surface area contributed by atoms with Crippen LogP contribution < -0.4 is 4.90 Å². The predicted molar refractivity (Wildman–Crippen MR) is 69.7 cm³/mol. The van der Waals surface area contributed by atoms with Crippen LogP contribution in [-0.4, -0.2) is 35.9 Å². The zero-order valence-corrected chi connectivity index (χ0v) is 11.3. The van der Waals surface area contributed by atoms with Crippen LogP contribution in [0.2, 0.25) is 0 Å². The first-order valence-electron chi connectivity index (χ1n) is 6.20. The number of rotatable bonds is 4. The highest BCUT2D eigenvalue weighted by Crippen LogP contribution is 2.29. The van der Waals surface area contributed by atoms with E-state index in [1.165, 1.54) is 0 Å². The quantitative estimate of drug-likeness (QED) is 0.892. The van der Waals surface area contributed by atoms with Gasteiger partial charge in [0.05, 0.1) is 36.4 Å². The number of nitrogens with zero attached hydrogens (tertiary/aromatic N) is 2. The van der Waals surface area contributed by atoms with E-state index in [2.05, 4.69) is 23.7 Å². The van der Waals surface area contributed by atoms with Crippen LogP contribution in [0.1, 0.15) is 30.8 Å². The van der Waals surface area contributed by atoms with Crippen molar-refractivity contribution < 1.29 is 9.84 Å². The zero-order valence-electron chi connectivity index (χ0n) is 10.5. The molecule has 1 unspecified atom stereocenters. The Balaban J connectivity index is 2.19. The van der Waals surface area contributed by atoms with Gasteiger partial charge < -0.3 is 14.7 Å². The van der Waals surface area contributed by atoms with Crippen molar-refractivity contribution in [1.29, 1.82) is 0 Å². The predicted octanol–water partition coefficient (Wildman–Crippen LogP) is 1.81. The van der Waals surface area contributed by atoms with E-state index < -0.39 is 0 Å². The number of thiazole rings is 1. The van der Waals surface area contributed by atoms with Crippen LogP contribution >= 0.6 is 11.3 Å². The molecule has 96 valence electrons. The van der Waals surface area contributed by atoms with Crippen LogP contribution in [0.15, 0.2) is 0 Å². The van der Waals surface area contributed by atoms with Crippen molar-refractivity contribution in [3.63, 3.8) is 0 Å². The van der Waals surface area contributed by atoms with E-state index in [9.17, 15) is 5.11 Å². The lowest BCUT2D eigenvalue weighted by Gasteiger charge is -2.32. The summed E-state index contributed by atoms with van der Waals surface area (Å²) in [5.41, 5.74) is 1.06. The van der Waals surface area contributed by atoms with E-state index in [1.807, 2.05) is 0 Å². The average molecular weight is 256 g/mol. The second-order valence-electron chi connectivity index (χ2n) is 4.39. The third-order valence-electron chi connectivity index (χ3n) is 3.01. The van der Waals surface area contributed by atoms with E-state index in [0.717, 1.165) is 48.3 Å². The summed E-state index contributed by atoms with van der Waals surface area (Å²) in [6.45, 7) is 6.81. The summed E-state index contributed by atoms with van der Waals surface area (Å²) >= 11 is 1.62. The van der Waals surface area contributed by atoms with Gasteiger partial charge in [0.2, 0.25) is 0 Å². The summed E-state index contributed by atoms with van der Waals surface area (Å²) in [5, 5.41) is 10.4. The van der Waals surface area contributed by atoms with Gasteiger partial charge in [0, 0.05) is 6.54 Å². The first-order valence-corrected chi connectivity index (χ1v) is 7.01. The number of aliphatic hydroxyl groups is 1. The molecule has 4 nitrogen and oxygen atoms in total. The fourth-order valence-electron chi connectivity index (χ4n) is 2.06. The Morgan fingerprint density at radius 3 is 3.06 bits per heavy atom. The van der Waals surface area contributed by atoms with Gasteiger partial charge in [-0.25, -0.2) is 4.98 Å². The summed E-state index contributed by atoms with van der Waals surface area (Å²) in [6, 6.07) is 0.371. The van der Waals surface area contributed by atoms with Crippen LogP contribution in [0, 0.1) is 0 Å². The van der Waals surface area contributed by atoms with Crippen LogP contribution in [-0.2, 0) is 17.8 Å². The lowest BCUT2D eigenvalue weighted by Crippen LogP contribution is -2.43. The van der Waals surface area contributed by atoms with E-state index in [0.29, 0.717) is 6.04 Å². The molecule has 0 radical (unpaired) electrons. The molecule has 1 N–H and O–H groups in total. The number of aliphatic hydroxyl groups excluding tert-OH is 1. The fourth-order valence-corrected chi connectivity index (χ4v) is 3.15. The maximum Gasteiger partial charge on any atom is 0.186 e. The molecule has 0 amide bonds. The molecule has 0 saturated carbocycles. The molecular formula is C12H20N2O2S. The van der Waals surface area contributed by atoms with Crippen LogP contribution in [0.3, 0.4) is 0 Å². The Kier molecular flexibility index (Phi) is 4.36. The molecule has 1 aliphatic heterocycles. The van der Waals surface area contributed by atoms with Gasteiger partial charge in [-0.05, 0) is 13.3 Å². The fraction of sp³-hybridized carbons (Fsp3) is 0.750. The highest BCUT2D eigenvalue weighted by molar-refractivity contribution is 7.15. The van der Waals surface area contributed by atoms with Gasteiger partial charge in [0.25, 0.3) is 0 Å². The minimum Gasteiger partial charge on any atom is -0.391 e. The summed E-state index contributed by atoms with van der Waals surface area (Å²) in [7, 11) is 0. The van der Waals surface area contributed by atoms with Gasteiger partial charge in [-0.15, -0.1) is 0 Å². The summed E-state index contributed by atoms with van der Waals surface area (Å²) < 4.78 is 5.43. The highest BCUT2D eigenvalue weighted by atomic mass is 32.1. The SMILES string of the molecule is CCCc1nc(N2CCOCC2C)sc1CO. The topological polar surface area (TPSA) is 45.6 Å². The molecule has 0 spiro atoms. The standard InChI is InChI=1S/C12H20N2O2S/c1-3-4-10-11(7-15)17-12(13-10)14-5-6-16-8-9(14)2/h9,15H,3-8H2,1-2H3. The van der Waals surface area contributed by atoms with E-state index in [-0.39, 0.29) is 6.61 Å². The van der Waals surface area contributed by atoms with Crippen LogP contribution in [0.25, 0.3) is 0 Å². The Morgan fingerprint density at radius 2 is 2.41 bits per heavy atom. The molecule has 1 aromatic heterocycles. The number of morpholine rings is 1. The summed E-state index contributed by atoms with van der Waals surface area (Å²) in [4.78, 5) is 7.97. The monoisotopic (exact) mass is 256 g/mol. The molecular weight excluding hydrogens is 236 g/mol. The Morgan fingerprint density at radius 1 is 1.59 bits per heavy atom. The molecule has 0 bridgehead atoms. The Bertz CT molecular complexity index is 367. The molecule has 0 aromatic carbocycles. The van der Waals surface area contributed by atoms with Gasteiger partial charge in [0.15, 0.2) is 5.13 Å². The molecule has 1 fully saturated rings. The van der Waals surface area contributed by atoms with Crippen LogP contribution in [0.5, 0.6) is 0 Å². The number of anilines is 1. The van der Waals surface area contributed by atoms with Crippen molar-refractivity contribution in [2.24, 2.45) is 0 Å². The second kappa shape index (κ2) is 5.80. The number of aromatic nitrogens is 1. The third-order valence-corrected chi connectivity index (χ3v) is 4.13. The zero-order chi connectivity index (χ0) is 12.3. The average Bonchev–Trinajstić information content (AvgIpc) is 2.73. The smallest absolute Gasteiger partial charge is 0.186 e. The molecule has 5 heteroatoms. The number of aryl methyl sites for hydroxylation is 1. The molecule has 0 aliphatic carbocycles. The molecule has 1 atom stereocenters. The van der Waals surface area contributed by atoms with E-state index in [4.69, 9.17) is 4.74 Å².